The summed E-state index contributed by atoms with van der Waals surface area (Å²) in [6.45, 7) is 0.245. The van der Waals surface area contributed by atoms with E-state index in [1.807, 2.05) is 30.3 Å². The van der Waals surface area contributed by atoms with Crippen LogP contribution in [0.4, 0.5) is 10.1 Å². The monoisotopic (exact) mass is 379 g/mol. The Labute approximate surface area is 141 Å². The molecular weight excluding hydrogens is 365 g/mol. The second-order valence-corrected chi connectivity index (χ2v) is 5.37. The Balaban J connectivity index is 2.19. The molecule has 2 rings (SSSR count). The summed E-state index contributed by atoms with van der Waals surface area (Å²) in [7, 11) is 0. The van der Waals surface area contributed by atoms with Gasteiger partial charge in [-0.05, 0) is 27.6 Å². The van der Waals surface area contributed by atoms with Crippen LogP contribution >= 0.6 is 15.9 Å². The van der Waals surface area contributed by atoms with E-state index in [0.29, 0.717) is 4.47 Å². The van der Waals surface area contributed by atoms with Crippen molar-refractivity contribution in [3.8, 4) is 5.75 Å². The maximum absolute atomic E-state index is 14.2. The van der Waals surface area contributed by atoms with Crippen LogP contribution in [0.15, 0.2) is 56.9 Å². The van der Waals surface area contributed by atoms with Crippen molar-refractivity contribution >= 4 is 33.5 Å². The number of aliphatic imine (C=N–C) groups is 2. The zero-order valence-corrected chi connectivity index (χ0v) is 13.6. The summed E-state index contributed by atoms with van der Waals surface area (Å²) in [4.78, 5) is 7.46. The van der Waals surface area contributed by atoms with Crippen LogP contribution in [-0.4, -0.2) is 11.9 Å². The largest absolute Gasteiger partial charge is 0.485 e. The molecule has 0 heterocycles. The summed E-state index contributed by atoms with van der Waals surface area (Å²) in [5.41, 5.74) is 17.1. The van der Waals surface area contributed by atoms with Crippen LogP contribution in [0, 0.1) is 5.82 Å². The van der Waals surface area contributed by atoms with Gasteiger partial charge in [-0.3, -0.25) is 0 Å². The highest BCUT2D eigenvalue weighted by molar-refractivity contribution is 9.10. The lowest BCUT2D eigenvalue weighted by atomic mass is 10.2. The Bertz CT molecular complexity index is 722. The Hall–Kier alpha value is -2.61. The average Bonchev–Trinajstić information content (AvgIpc) is 2.46. The van der Waals surface area contributed by atoms with Crippen LogP contribution in [0.2, 0.25) is 0 Å². The number of hydrogen-bond donors (Lipinski definition) is 3. The molecule has 2 aromatic carbocycles. The molecule has 23 heavy (non-hydrogen) atoms. The predicted molar refractivity (Wildman–Crippen MR) is 92.0 cm³/mol. The molecule has 0 radical (unpaired) electrons. The summed E-state index contributed by atoms with van der Waals surface area (Å²) in [6, 6.07) is 12.2. The molecule has 0 aliphatic heterocycles. The van der Waals surface area contributed by atoms with Crippen LogP contribution in [0.3, 0.4) is 0 Å². The lowest BCUT2D eigenvalue weighted by Crippen LogP contribution is -2.26. The lowest BCUT2D eigenvalue weighted by Gasteiger charge is -2.10. The van der Waals surface area contributed by atoms with E-state index >= 15 is 0 Å². The van der Waals surface area contributed by atoms with E-state index in [2.05, 4.69) is 25.9 Å². The third-order valence-electron chi connectivity index (χ3n) is 2.70. The van der Waals surface area contributed by atoms with Gasteiger partial charge in [-0.1, -0.05) is 30.3 Å². The number of hydrogen-bond acceptors (Lipinski definition) is 2. The molecule has 8 heteroatoms. The van der Waals surface area contributed by atoms with Gasteiger partial charge in [0.15, 0.2) is 17.5 Å². The first-order chi connectivity index (χ1) is 11.0. The summed E-state index contributed by atoms with van der Waals surface area (Å²) in [5, 5.41) is 0. The molecule has 6 N–H and O–H groups in total. The number of benzene rings is 2. The molecular formula is C15H15BrFN5O. The zero-order chi connectivity index (χ0) is 16.8. The molecule has 0 amide bonds. The molecule has 0 unspecified atom stereocenters. The minimum Gasteiger partial charge on any atom is -0.485 e. The van der Waals surface area contributed by atoms with Crippen LogP contribution < -0.4 is 21.9 Å². The molecule has 0 spiro atoms. The average molecular weight is 380 g/mol. The lowest BCUT2D eigenvalue weighted by molar-refractivity contribution is 0.288. The molecule has 0 fully saturated rings. The zero-order valence-electron chi connectivity index (χ0n) is 12.0. The number of halogens is 2. The molecule has 0 atom stereocenters. The van der Waals surface area contributed by atoms with E-state index < -0.39 is 5.82 Å². The van der Waals surface area contributed by atoms with Crippen molar-refractivity contribution in [3.05, 3.63) is 58.3 Å². The van der Waals surface area contributed by atoms with E-state index in [-0.39, 0.29) is 30.0 Å². The molecule has 0 saturated carbocycles. The summed E-state index contributed by atoms with van der Waals surface area (Å²) >= 11 is 3.25. The number of nitrogens with zero attached hydrogens (tertiary/aromatic N) is 2. The Morgan fingerprint density at radius 1 is 1.13 bits per heavy atom. The van der Waals surface area contributed by atoms with Crippen LogP contribution in [0.25, 0.3) is 0 Å². The summed E-state index contributed by atoms with van der Waals surface area (Å²) in [6.07, 6.45) is 0. The third kappa shape index (κ3) is 4.96. The minimum absolute atomic E-state index is 0.0909. The van der Waals surface area contributed by atoms with E-state index in [1.54, 1.807) is 6.07 Å². The molecule has 0 bridgehead atoms. The SMILES string of the molecule is NC(N)=NC(N)=Nc1cc(F)c(OCc2ccccc2)c(Br)c1. The highest BCUT2D eigenvalue weighted by Gasteiger charge is 2.11. The molecule has 0 saturated heterocycles. The Kier molecular flexibility index (Phi) is 5.53. The topological polar surface area (TPSA) is 112 Å². The van der Waals surface area contributed by atoms with Crippen molar-refractivity contribution in [2.45, 2.75) is 6.61 Å². The quantitative estimate of drug-likeness (QED) is 0.558. The van der Waals surface area contributed by atoms with E-state index in [4.69, 9.17) is 21.9 Å². The number of rotatable bonds is 4. The molecule has 0 aliphatic carbocycles. The van der Waals surface area contributed by atoms with E-state index in [1.165, 1.54) is 6.07 Å². The normalized spacial score (nSPS) is 11.1. The van der Waals surface area contributed by atoms with Gasteiger partial charge in [0, 0.05) is 6.07 Å². The van der Waals surface area contributed by atoms with Crippen molar-refractivity contribution in [2.24, 2.45) is 27.2 Å². The van der Waals surface area contributed by atoms with Crippen LogP contribution in [0.1, 0.15) is 5.56 Å². The standard InChI is InChI=1S/C15H15BrFN5O/c16-11-6-10(21-15(20)22-14(18)19)7-12(17)13(11)23-8-9-4-2-1-3-5-9/h1-7H,8H2,(H6,18,19,20,21,22). The molecule has 0 aliphatic rings. The van der Waals surface area contributed by atoms with Crippen molar-refractivity contribution in [3.63, 3.8) is 0 Å². The maximum atomic E-state index is 14.2. The van der Waals surface area contributed by atoms with Gasteiger partial charge in [0.1, 0.15) is 6.61 Å². The van der Waals surface area contributed by atoms with E-state index in [9.17, 15) is 4.39 Å². The number of ether oxygens (including phenoxy) is 1. The highest BCUT2D eigenvalue weighted by Crippen LogP contribution is 2.33. The smallest absolute Gasteiger partial charge is 0.223 e. The fourth-order valence-electron chi connectivity index (χ4n) is 1.77. The summed E-state index contributed by atoms with van der Waals surface area (Å²) < 4.78 is 20.1. The van der Waals surface area contributed by atoms with Crippen molar-refractivity contribution in [2.75, 3.05) is 0 Å². The van der Waals surface area contributed by atoms with Crippen molar-refractivity contribution < 1.29 is 9.13 Å². The maximum Gasteiger partial charge on any atom is 0.223 e. The van der Waals surface area contributed by atoms with Gasteiger partial charge in [-0.2, -0.15) is 4.99 Å². The second-order valence-electron chi connectivity index (χ2n) is 4.52. The molecule has 2 aromatic rings. The first kappa shape index (κ1) is 16.8. The van der Waals surface area contributed by atoms with Gasteiger partial charge < -0.3 is 21.9 Å². The first-order valence-electron chi connectivity index (χ1n) is 6.55. The van der Waals surface area contributed by atoms with Gasteiger partial charge in [-0.25, -0.2) is 9.38 Å². The first-order valence-corrected chi connectivity index (χ1v) is 7.34. The van der Waals surface area contributed by atoms with Gasteiger partial charge in [-0.15, -0.1) is 0 Å². The van der Waals surface area contributed by atoms with Crippen molar-refractivity contribution in [1.29, 1.82) is 0 Å². The van der Waals surface area contributed by atoms with Crippen LogP contribution in [-0.2, 0) is 6.61 Å². The van der Waals surface area contributed by atoms with E-state index in [0.717, 1.165) is 5.56 Å². The van der Waals surface area contributed by atoms with Gasteiger partial charge >= 0.3 is 0 Å². The fraction of sp³-hybridized carbons (Fsp3) is 0.0667. The number of nitrogens with two attached hydrogens (primary N) is 3. The third-order valence-corrected chi connectivity index (χ3v) is 3.29. The Morgan fingerprint density at radius 2 is 1.83 bits per heavy atom. The molecule has 120 valence electrons. The number of guanidine groups is 2. The predicted octanol–water partition coefficient (Wildman–Crippen LogP) is 2.39. The second kappa shape index (κ2) is 7.59. The minimum atomic E-state index is -0.577. The molecule has 6 nitrogen and oxygen atoms in total. The van der Waals surface area contributed by atoms with Crippen LogP contribution in [0.5, 0.6) is 5.75 Å². The molecule has 0 aromatic heterocycles. The van der Waals surface area contributed by atoms with Gasteiger partial charge in [0.05, 0.1) is 10.2 Å². The fourth-order valence-corrected chi connectivity index (χ4v) is 2.31. The summed E-state index contributed by atoms with van der Waals surface area (Å²) in [5.74, 6) is -0.886. The Morgan fingerprint density at radius 3 is 2.43 bits per heavy atom. The van der Waals surface area contributed by atoms with Crippen molar-refractivity contribution in [1.82, 2.24) is 0 Å². The van der Waals surface area contributed by atoms with Gasteiger partial charge in [0.25, 0.3) is 0 Å². The van der Waals surface area contributed by atoms with Gasteiger partial charge in [0.2, 0.25) is 5.96 Å². The highest BCUT2D eigenvalue weighted by atomic mass is 79.9.